The Bertz CT molecular complexity index is 841. The maximum Gasteiger partial charge on any atom is 0.231 e. The van der Waals surface area contributed by atoms with Gasteiger partial charge in [0.25, 0.3) is 0 Å². The maximum atomic E-state index is 12.4. The van der Waals surface area contributed by atoms with Gasteiger partial charge in [-0.2, -0.15) is 0 Å². The van der Waals surface area contributed by atoms with E-state index in [9.17, 15) is 4.79 Å². The van der Waals surface area contributed by atoms with E-state index in [-0.39, 0.29) is 5.91 Å². The van der Waals surface area contributed by atoms with E-state index in [2.05, 4.69) is 11.1 Å². The van der Waals surface area contributed by atoms with Crippen molar-refractivity contribution in [1.82, 2.24) is 4.98 Å². The molecule has 21 heavy (non-hydrogen) atoms. The fourth-order valence-corrected chi connectivity index (χ4v) is 2.89. The van der Waals surface area contributed by atoms with Crippen LogP contribution in [0.2, 0.25) is 0 Å². The highest BCUT2D eigenvalue weighted by molar-refractivity contribution is 6.04. The SMILES string of the molecule is O=C1CCc2ccccc2N1c1cnc2ccccc2c1. The average molecular weight is 274 g/mol. The Kier molecular flexibility index (Phi) is 2.71. The summed E-state index contributed by atoms with van der Waals surface area (Å²) in [6, 6.07) is 18.1. The van der Waals surface area contributed by atoms with E-state index in [4.69, 9.17) is 0 Å². The zero-order valence-corrected chi connectivity index (χ0v) is 11.5. The summed E-state index contributed by atoms with van der Waals surface area (Å²) in [5, 5.41) is 1.05. The van der Waals surface area contributed by atoms with Crippen molar-refractivity contribution < 1.29 is 4.79 Å². The molecule has 3 heteroatoms. The fourth-order valence-electron chi connectivity index (χ4n) is 2.89. The Morgan fingerprint density at radius 1 is 0.952 bits per heavy atom. The monoisotopic (exact) mass is 274 g/mol. The molecule has 0 saturated heterocycles. The van der Waals surface area contributed by atoms with Gasteiger partial charge in [-0.1, -0.05) is 36.4 Å². The number of aryl methyl sites for hydroxylation is 1. The van der Waals surface area contributed by atoms with E-state index < -0.39 is 0 Å². The van der Waals surface area contributed by atoms with E-state index in [1.807, 2.05) is 48.5 Å². The molecule has 1 aromatic heterocycles. The van der Waals surface area contributed by atoms with Crippen molar-refractivity contribution in [2.75, 3.05) is 4.90 Å². The Balaban J connectivity index is 1.89. The first-order chi connectivity index (χ1) is 10.3. The van der Waals surface area contributed by atoms with E-state index in [0.29, 0.717) is 6.42 Å². The van der Waals surface area contributed by atoms with Gasteiger partial charge in [0.15, 0.2) is 0 Å². The van der Waals surface area contributed by atoms with Gasteiger partial charge in [-0.3, -0.25) is 14.7 Å². The second-order valence-electron chi connectivity index (χ2n) is 5.24. The number of fused-ring (bicyclic) bond motifs is 2. The molecule has 0 spiro atoms. The Morgan fingerprint density at radius 3 is 2.71 bits per heavy atom. The molecule has 0 fully saturated rings. The lowest BCUT2D eigenvalue weighted by Gasteiger charge is -2.29. The van der Waals surface area contributed by atoms with Crippen LogP contribution in [0.1, 0.15) is 12.0 Å². The lowest BCUT2D eigenvalue weighted by Crippen LogP contribution is -2.30. The number of hydrogen-bond donors (Lipinski definition) is 0. The van der Waals surface area contributed by atoms with Gasteiger partial charge in [-0.25, -0.2) is 0 Å². The zero-order chi connectivity index (χ0) is 14.2. The number of benzene rings is 2. The lowest BCUT2D eigenvalue weighted by molar-refractivity contribution is -0.118. The van der Waals surface area contributed by atoms with Crippen molar-refractivity contribution in [3.05, 3.63) is 66.4 Å². The van der Waals surface area contributed by atoms with Crippen LogP contribution in [0.15, 0.2) is 60.8 Å². The van der Waals surface area contributed by atoms with E-state index in [1.165, 1.54) is 5.56 Å². The van der Waals surface area contributed by atoms with Crippen molar-refractivity contribution in [2.24, 2.45) is 0 Å². The molecule has 1 aliphatic heterocycles. The molecule has 0 saturated carbocycles. The second-order valence-corrected chi connectivity index (χ2v) is 5.24. The molecule has 102 valence electrons. The van der Waals surface area contributed by atoms with Crippen LogP contribution in [-0.4, -0.2) is 10.9 Å². The predicted octanol–water partition coefficient (Wildman–Crippen LogP) is 3.85. The molecular weight excluding hydrogens is 260 g/mol. The van der Waals surface area contributed by atoms with Gasteiger partial charge in [0.2, 0.25) is 5.91 Å². The van der Waals surface area contributed by atoms with Crippen LogP contribution in [-0.2, 0) is 11.2 Å². The maximum absolute atomic E-state index is 12.4. The summed E-state index contributed by atoms with van der Waals surface area (Å²) >= 11 is 0. The number of carbonyl (C=O) groups excluding carboxylic acids is 1. The highest BCUT2D eigenvalue weighted by Crippen LogP contribution is 2.34. The normalized spacial score (nSPS) is 14.3. The molecule has 4 rings (SSSR count). The van der Waals surface area contributed by atoms with E-state index >= 15 is 0 Å². The summed E-state index contributed by atoms with van der Waals surface area (Å²) in [5.74, 6) is 0.130. The quantitative estimate of drug-likeness (QED) is 0.675. The third-order valence-corrected chi connectivity index (χ3v) is 3.92. The molecule has 1 amide bonds. The van der Waals surface area contributed by atoms with Crippen LogP contribution in [0.25, 0.3) is 10.9 Å². The lowest BCUT2D eigenvalue weighted by atomic mass is 10.0. The minimum atomic E-state index is 0.130. The number of pyridine rings is 1. The average Bonchev–Trinajstić information content (AvgIpc) is 2.54. The topological polar surface area (TPSA) is 33.2 Å². The smallest absolute Gasteiger partial charge is 0.231 e. The van der Waals surface area contributed by atoms with Crippen molar-refractivity contribution >= 4 is 28.2 Å². The van der Waals surface area contributed by atoms with Crippen molar-refractivity contribution in [1.29, 1.82) is 0 Å². The number of carbonyl (C=O) groups is 1. The zero-order valence-electron chi connectivity index (χ0n) is 11.5. The van der Waals surface area contributed by atoms with Gasteiger partial charge in [-0.15, -0.1) is 0 Å². The summed E-state index contributed by atoms with van der Waals surface area (Å²) in [7, 11) is 0. The van der Waals surface area contributed by atoms with Crippen LogP contribution >= 0.6 is 0 Å². The van der Waals surface area contributed by atoms with Gasteiger partial charge in [0.05, 0.1) is 23.1 Å². The third kappa shape index (κ3) is 1.98. The van der Waals surface area contributed by atoms with E-state index in [0.717, 1.165) is 28.7 Å². The van der Waals surface area contributed by atoms with Crippen molar-refractivity contribution in [3.63, 3.8) is 0 Å². The van der Waals surface area contributed by atoms with Gasteiger partial charge in [0, 0.05) is 11.8 Å². The standard InChI is InChI=1S/C18H14N2O/c21-18-10-9-13-5-2-4-8-17(13)20(18)15-11-14-6-1-3-7-16(14)19-12-15/h1-8,11-12H,9-10H2. The number of aromatic nitrogens is 1. The fraction of sp³-hybridized carbons (Fsp3) is 0.111. The van der Waals surface area contributed by atoms with E-state index in [1.54, 1.807) is 11.1 Å². The highest BCUT2D eigenvalue weighted by Gasteiger charge is 2.25. The molecule has 2 heterocycles. The molecule has 0 aliphatic carbocycles. The minimum Gasteiger partial charge on any atom is -0.279 e. The summed E-state index contributed by atoms with van der Waals surface area (Å²) in [6.07, 6.45) is 3.14. The molecular formula is C18H14N2O. The summed E-state index contributed by atoms with van der Waals surface area (Å²) < 4.78 is 0. The largest absolute Gasteiger partial charge is 0.279 e. The number of hydrogen-bond acceptors (Lipinski definition) is 2. The van der Waals surface area contributed by atoms with Crippen LogP contribution in [0.4, 0.5) is 11.4 Å². The van der Waals surface area contributed by atoms with Gasteiger partial charge >= 0.3 is 0 Å². The van der Waals surface area contributed by atoms with Gasteiger partial charge in [-0.05, 0) is 30.2 Å². The molecule has 0 unspecified atom stereocenters. The first-order valence-corrected chi connectivity index (χ1v) is 7.08. The van der Waals surface area contributed by atoms with Crippen LogP contribution in [0, 0.1) is 0 Å². The molecule has 0 atom stereocenters. The number of anilines is 2. The molecule has 2 aromatic carbocycles. The van der Waals surface area contributed by atoms with Crippen LogP contribution in [0.3, 0.4) is 0 Å². The molecule has 0 radical (unpaired) electrons. The van der Waals surface area contributed by atoms with Crippen LogP contribution in [0.5, 0.6) is 0 Å². The molecule has 3 aromatic rings. The summed E-state index contributed by atoms with van der Waals surface area (Å²) in [5.41, 5.74) is 3.97. The predicted molar refractivity (Wildman–Crippen MR) is 83.7 cm³/mol. The van der Waals surface area contributed by atoms with Crippen molar-refractivity contribution in [2.45, 2.75) is 12.8 Å². The van der Waals surface area contributed by atoms with Crippen molar-refractivity contribution in [3.8, 4) is 0 Å². The summed E-state index contributed by atoms with van der Waals surface area (Å²) in [6.45, 7) is 0. The minimum absolute atomic E-state index is 0.130. The first kappa shape index (κ1) is 12.1. The second kappa shape index (κ2) is 4.70. The van der Waals surface area contributed by atoms with Gasteiger partial charge in [0.1, 0.15) is 0 Å². The molecule has 0 N–H and O–H groups in total. The number of para-hydroxylation sites is 2. The highest BCUT2D eigenvalue weighted by atomic mass is 16.2. The Labute approximate surface area is 122 Å². The van der Waals surface area contributed by atoms with Crippen LogP contribution < -0.4 is 4.90 Å². The first-order valence-electron chi connectivity index (χ1n) is 7.08. The van der Waals surface area contributed by atoms with Gasteiger partial charge < -0.3 is 0 Å². The molecule has 1 aliphatic rings. The Morgan fingerprint density at radius 2 is 1.76 bits per heavy atom. The third-order valence-electron chi connectivity index (χ3n) is 3.92. The Hall–Kier alpha value is -2.68. The molecule has 0 bridgehead atoms. The number of nitrogens with zero attached hydrogens (tertiary/aromatic N) is 2. The molecule has 3 nitrogen and oxygen atoms in total. The number of rotatable bonds is 1. The number of amides is 1. The summed E-state index contributed by atoms with van der Waals surface area (Å²) in [4.78, 5) is 18.7.